The number of carbonyl (C=O) groups excluding carboxylic acids is 1. The molecule has 4 nitrogen and oxygen atoms in total. The summed E-state index contributed by atoms with van der Waals surface area (Å²) < 4.78 is 0. The van der Waals surface area contributed by atoms with E-state index in [0.29, 0.717) is 19.1 Å². The predicted octanol–water partition coefficient (Wildman–Crippen LogP) is 1.62. The maximum atomic E-state index is 12.3. The van der Waals surface area contributed by atoms with Crippen molar-refractivity contribution in [2.45, 2.75) is 64.0 Å². The summed E-state index contributed by atoms with van der Waals surface area (Å²) in [6, 6.07) is 0.495. The molecule has 2 rings (SSSR count). The summed E-state index contributed by atoms with van der Waals surface area (Å²) in [5.41, 5.74) is 0. The van der Waals surface area contributed by atoms with E-state index >= 15 is 0 Å². The molecule has 1 saturated heterocycles. The summed E-state index contributed by atoms with van der Waals surface area (Å²) in [6.45, 7) is 4.79. The molecule has 1 heterocycles. The summed E-state index contributed by atoms with van der Waals surface area (Å²) in [7, 11) is 0. The van der Waals surface area contributed by atoms with E-state index in [9.17, 15) is 9.90 Å². The van der Waals surface area contributed by atoms with E-state index in [1.54, 1.807) is 0 Å². The minimum atomic E-state index is -0.353. The molecule has 1 atom stereocenters. The number of hydrogen-bond donors (Lipinski definition) is 1. The van der Waals surface area contributed by atoms with Crippen LogP contribution >= 0.6 is 0 Å². The summed E-state index contributed by atoms with van der Waals surface area (Å²) in [5, 5.41) is 9.67. The fourth-order valence-corrected chi connectivity index (χ4v) is 3.37. The summed E-state index contributed by atoms with van der Waals surface area (Å²) in [6.07, 6.45) is 8.14. The van der Waals surface area contributed by atoms with Gasteiger partial charge in [-0.25, -0.2) is 0 Å². The molecule has 1 aliphatic heterocycles. The Bertz CT molecular complexity index is 282. The Balaban J connectivity index is 1.90. The molecule has 0 spiro atoms. The highest BCUT2D eigenvalue weighted by Crippen LogP contribution is 2.23. The zero-order valence-electron chi connectivity index (χ0n) is 12.2. The van der Waals surface area contributed by atoms with E-state index in [4.69, 9.17) is 0 Å². The largest absolute Gasteiger partial charge is 0.392 e. The van der Waals surface area contributed by atoms with E-state index in [-0.39, 0.29) is 12.0 Å². The Morgan fingerprint density at radius 3 is 2.42 bits per heavy atom. The van der Waals surface area contributed by atoms with Crippen molar-refractivity contribution in [2.24, 2.45) is 0 Å². The van der Waals surface area contributed by atoms with Crippen LogP contribution in [0.3, 0.4) is 0 Å². The number of hydrogen-bond acceptors (Lipinski definition) is 3. The highest BCUT2D eigenvalue weighted by Gasteiger charge is 2.26. The summed E-state index contributed by atoms with van der Waals surface area (Å²) in [5.74, 6) is 0.253. The van der Waals surface area contributed by atoms with Crippen LogP contribution in [0.15, 0.2) is 0 Å². The second-order valence-electron chi connectivity index (χ2n) is 6.16. The molecule has 2 fully saturated rings. The van der Waals surface area contributed by atoms with Crippen LogP contribution in [0, 0.1) is 0 Å². The molecule has 0 aromatic carbocycles. The number of carbonyl (C=O) groups is 1. The average molecular weight is 268 g/mol. The van der Waals surface area contributed by atoms with Crippen LogP contribution in [0.2, 0.25) is 0 Å². The van der Waals surface area contributed by atoms with Crippen LogP contribution in [-0.4, -0.2) is 59.1 Å². The normalized spacial score (nSPS) is 23.0. The maximum Gasteiger partial charge on any atom is 0.236 e. The van der Waals surface area contributed by atoms with Crippen molar-refractivity contribution >= 4 is 5.91 Å². The molecular formula is C15H28N2O2. The van der Waals surface area contributed by atoms with Crippen molar-refractivity contribution in [3.63, 3.8) is 0 Å². The van der Waals surface area contributed by atoms with E-state index in [0.717, 1.165) is 25.9 Å². The van der Waals surface area contributed by atoms with Crippen LogP contribution in [0.4, 0.5) is 0 Å². The van der Waals surface area contributed by atoms with Crippen molar-refractivity contribution in [1.29, 1.82) is 0 Å². The summed E-state index contributed by atoms with van der Waals surface area (Å²) >= 11 is 0. The first kappa shape index (κ1) is 14.8. The standard InChI is InChI=1S/C15H28N2O2/c1-13(18)11-17(14-7-3-2-4-8-14)12-15(19)16-9-5-6-10-16/h13-14,18H,2-12H2,1H3. The Labute approximate surface area is 116 Å². The average Bonchev–Trinajstić information content (AvgIpc) is 2.92. The molecule has 0 aromatic heterocycles. The van der Waals surface area contributed by atoms with E-state index in [2.05, 4.69) is 4.90 Å². The smallest absolute Gasteiger partial charge is 0.236 e. The van der Waals surface area contributed by atoms with Gasteiger partial charge in [-0.1, -0.05) is 19.3 Å². The van der Waals surface area contributed by atoms with Gasteiger partial charge < -0.3 is 10.0 Å². The van der Waals surface area contributed by atoms with Crippen LogP contribution in [0.5, 0.6) is 0 Å². The lowest BCUT2D eigenvalue weighted by Crippen LogP contribution is -2.47. The maximum absolute atomic E-state index is 12.3. The van der Waals surface area contributed by atoms with Gasteiger partial charge >= 0.3 is 0 Å². The molecule has 1 unspecified atom stereocenters. The van der Waals surface area contributed by atoms with Crippen molar-refractivity contribution < 1.29 is 9.90 Å². The van der Waals surface area contributed by atoms with E-state index in [1.165, 1.54) is 32.1 Å². The van der Waals surface area contributed by atoms with Crippen molar-refractivity contribution in [2.75, 3.05) is 26.2 Å². The van der Waals surface area contributed by atoms with Gasteiger partial charge in [0.2, 0.25) is 5.91 Å². The summed E-state index contributed by atoms with van der Waals surface area (Å²) in [4.78, 5) is 16.5. The van der Waals surface area contributed by atoms with Gasteiger partial charge in [-0.3, -0.25) is 9.69 Å². The lowest BCUT2D eigenvalue weighted by molar-refractivity contribution is -0.132. The molecule has 4 heteroatoms. The van der Waals surface area contributed by atoms with Gasteiger partial charge in [0.25, 0.3) is 0 Å². The van der Waals surface area contributed by atoms with E-state index in [1.807, 2.05) is 11.8 Å². The van der Waals surface area contributed by atoms with E-state index < -0.39 is 0 Å². The second-order valence-corrected chi connectivity index (χ2v) is 6.16. The second kappa shape index (κ2) is 7.25. The van der Waals surface area contributed by atoms with Crippen LogP contribution in [-0.2, 0) is 4.79 Å². The number of rotatable bonds is 5. The number of likely N-dealkylation sites (tertiary alicyclic amines) is 1. The first-order valence-electron chi connectivity index (χ1n) is 7.86. The number of nitrogens with zero attached hydrogens (tertiary/aromatic N) is 2. The third kappa shape index (κ3) is 4.46. The molecule has 0 bridgehead atoms. The van der Waals surface area contributed by atoms with Gasteiger partial charge in [0.15, 0.2) is 0 Å². The first-order valence-corrected chi connectivity index (χ1v) is 7.86. The zero-order chi connectivity index (χ0) is 13.7. The number of aliphatic hydroxyl groups excluding tert-OH is 1. The lowest BCUT2D eigenvalue weighted by atomic mass is 9.94. The Morgan fingerprint density at radius 1 is 1.21 bits per heavy atom. The highest BCUT2D eigenvalue weighted by molar-refractivity contribution is 5.78. The van der Waals surface area contributed by atoms with Crippen molar-refractivity contribution in [3.05, 3.63) is 0 Å². The molecule has 1 N–H and O–H groups in total. The Morgan fingerprint density at radius 2 is 1.84 bits per heavy atom. The number of amides is 1. The minimum Gasteiger partial charge on any atom is -0.392 e. The van der Waals surface area contributed by atoms with Crippen LogP contribution in [0.25, 0.3) is 0 Å². The molecule has 1 saturated carbocycles. The predicted molar refractivity (Wildman–Crippen MR) is 75.9 cm³/mol. The quantitative estimate of drug-likeness (QED) is 0.824. The molecule has 1 aliphatic carbocycles. The topological polar surface area (TPSA) is 43.8 Å². The van der Waals surface area contributed by atoms with Gasteiger partial charge in [0.1, 0.15) is 0 Å². The number of aliphatic hydroxyl groups is 1. The molecule has 0 aromatic rings. The van der Waals surface area contributed by atoms with Crippen LogP contribution in [0.1, 0.15) is 51.9 Å². The van der Waals surface area contributed by atoms with Gasteiger partial charge in [-0.15, -0.1) is 0 Å². The molecular weight excluding hydrogens is 240 g/mol. The highest BCUT2D eigenvalue weighted by atomic mass is 16.3. The lowest BCUT2D eigenvalue weighted by Gasteiger charge is -2.35. The fourth-order valence-electron chi connectivity index (χ4n) is 3.37. The molecule has 19 heavy (non-hydrogen) atoms. The zero-order valence-corrected chi connectivity index (χ0v) is 12.2. The van der Waals surface area contributed by atoms with Gasteiger partial charge in [-0.2, -0.15) is 0 Å². The third-order valence-electron chi connectivity index (χ3n) is 4.39. The molecule has 1 amide bonds. The van der Waals surface area contributed by atoms with Crippen molar-refractivity contribution in [1.82, 2.24) is 9.80 Å². The Hall–Kier alpha value is -0.610. The van der Waals surface area contributed by atoms with Gasteiger partial charge in [0, 0.05) is 25.7 Å². The molecule has 110 valence electrons. The SMILES string of the molecule is CC(O)CN(CC(=O)N1CCCC1)C1CCCCC1. The van der Waals surface area contributed by atoms with Crippen LogP contribution < -0.4 is 0 Å². The first-order chi connectivity index (χ1) is 9.16. The fraction of sp³-hybridized carbons (Fsp3) is 0.933. The third-order valence-corrected chi connectivity index (χ3v) is 4.39. The Kier molecular flexibility index (Phi) is 5.64. The van der Waals surface area contributed by atoms with Crippen molar-refractivity contribution in [3.8, 4) is 0 Å². The molecule has 2 aliphatic rings. The van der Waals surface area contributed by atoms with Gasteiger partial charge in [-0.05, 0) is 32.6 Å². The minimum absolute atomic E-state index is 0.253. The molecule has 0 radical (unpaired) electrons. The van der Waals surface area contributed by atoms with Gasteiger partial charge in [0.05, 0.1) is 12.6 Å². The monoisotopic (exact) mass is 268 g/mol.